The van der Waals surface area contributed by atoms with Gasteiger partial charge in [-0.3, -0.25) is 4.79 Å². The molecule has 2 N–H and O–H groups in total. The van der Waals surface area contributed by atoms with Crippen LogP contribution in [0.1, 0.15) is 29.8 Å². The zero-order valence-corrected chi connectivity index (χ0v) is 11.5. The molecule has 0 fully saturated rings. The lowest BCUT2D eigenvalue weighted by molar-refractivity contribution is 0.0740. The summed E-state index contributed by atoms with van der Waals surface area (Å²) in [5, 5.41) is 0. The van der Waals surface area contributed by atoms with Gasteiger partial charge in [0.15, 0.2) is 0 Å². The summed E-state index contributed by atoms with van der Waals surface area (Å²) in [5.74, 6) is -0.406. The normalized spacial score (nSPS) is 11.4. The van der Waals surface area contributed by atoms with Crippen molar-refractivity contribution in [3.05, 3.63) is 35.1 Å². The Labute approximate surface area is 108 Å². The molecule has 18 heavy (non-hydrogen) atoms. The Morgan fingerprint density at radius 1 is 1.44 bits per heavy atom. The fraction of sp³-hybridized carbons (Fsp3) is 0.500. The Kier molecular flexibility index (Phi) is 4.46. The van der Waals surface area contributed by atoms with E-state index in [0.717, 1.165) is 0 Å². The van der Waals surface area contributed by atoms with Crippen LogP contribution in [-0.4, -0.2) is 30.9 Å². The zero-order valence-electron chi connectivity index (χ0n) is 11.5. The van der Waals surface area contributed by atoms with Crippen molar-refractivity contribution in [2.45, 2.75) is 20.8 Å². The Hall–Kier alpha value is -1.42. The van der Waals surface area contributed by atoms with Crippen LogP contribution in [-0.2, 0) is 0 Å². The molecular weight excluding hydrogens is 231 g/mol. The van der Waals surface area contributed by atoms with Crippen LogP contribution < -0.4 is 5.73 Å². The van der Waals surface area contributed by atoms with Crippen molar-refractivity contribution in [3.8, 4) is 0 Å². The third-order valence-corrected chi connectivity index (χ3v) is 2.97. The van der Waals surface area contributed by atoms with Gasteiger partial charge in [-0.1, -0.05) is 13.8 Å². The van der Waals surface area contributed by atoms with Crippen molar-refractivity contribution in [1.82, 2.24) is 4.90 Å². The van der Waals surface area contributed by atoms with Crippen LogP contribution in [0.4, 0.5) is 4.39 Å². The molecule has 0 unspecified atom stereocenters. The number of benzene rings is 1. The topological polar surface area (TPSA) is 46.3 Å². The Bertz CT molecular complexity index is 443. The molecule has 1 rings (SSSR count). The Balaban J connectivity index is 2.83. The van der Waals surface area contributed by atoms with Crippen LogP contribution in [0.5, 0.6) is 0 Å². The first-order valence-electron chi connectivity index (χ1n) is 5.98. The standard InChI is InChI=1S/C14H21FN2O/c1-10-7-11(5-6-12(10)15)13(18)17(4)9-14(2,3)8-16/h5-7H,8-9,16H2,1-4H3. The fourth-order valence-corrected chi connectivity index (χ4v) is 1.78. The Morgan fingerprint density at radius 3 is 2.56 bits per heavy atom. The van der Waals surface area contributed by atoms with Gasteiger partial charge in [-0.25, -0.2) is 4.39 Å². The largest absolute Gasteiger partial charge is 0.341 e. The average molecular weight is 252 g/mol. The molecule has 0 aliphatic rings. The summed E-state index contributed by atoms with van der Waals surface area (Å²) in [6, 6.07) is 4.41. The molecular formula is C14H21FN2O. The molecule has 0 heterocycles. The van der Waals surface area contributed by atoms with E-state index in [4.69, 9.17) is 5.73 Å². The number of amides is 1. The number of carbonyl (C=O) groups excluding carboxylic acids is 1. The molecule has 100 valence electrons. The first-order chi connectivity index (χ1) is 8.26. The van der Waals surface area contributed by atoms with Crippen molar-refractivity contribution >= 4 is 5.91 Å². The van der Waals surface area contributed by atoms with Gasteiger partial charge < -0.3 is 10.6 Å². The number of halogens is 1. The smallest absolute Gasteiger partial charge is 0.253 e. The second kappa shape index (κ2) is 5.48. The number of nitrogens with zero attached hydrogens (tertiary/aromatic N) is 1. The lowest BCUT2D eigenvalue weighted by Crippen LogP contribution is -2.39. The number of aryl methyl sites for hydroxylation is 1. The molecule has 0 atom stereocenters. The van der Waals surface area contributed by atoms with Crippen molar-refractivity contribution in [2.24, 2.45) is 11.1 Å². The van der Waals surface area contributed by atoms with Crippen LogP contribution in [0.25, 0.3) is 0 Å². The van der Waals surface area contributed by atoms with Gasteiger partial charge in [-0.2, -0.15) is 0 Å². The van der Waals surface area contributed by atoms with Crippen molar-refractivity contribution in [2.75, 3.05) is 20.1 Å². The number of hydrogen-bond acceptors (Lipinski definition) is 2. The molecule has 0 aliphatic heterocycles. The maximum Gasteiger partial charge on any atom is 0.253 e. The first-order valence-corrected chi connectivity index (χ1v) is 5.98. The number of hydrogen-bond donors (Lipinski definition) is 1. The van der Waals surface area contributed by atoms with E-state index in [2.05, 4.69) is 0 Å². The molecule has 1 aromatic carbocycles. The third-order valence-electron chi connectivity index (χ3n) is 2.97. The highest BCUT2D eigenvalue weighted by atomic mass is 19.1. The molecule has 1 amide bonds. The lowest BCUT2D eigenvalue weighted by Gasteiger charge is -2.29. The molecule has 4 heteroatoms. The van der Waals surface area contributed by atoms with E-state index >= 15 is 0 Å². The van der Waals surface area contributed by atoms with E-state index in [1.165, 1.54) is 12.1 Å². The first kappa shape index (κ1) is 14.6. The summed E-state index contributed by atoms with van der Waals surface area (Å²) in [5.41, 5.74) is 6.51. The SMILES string of the molecule is Cc1cc(C(=O)N(C)CC(C)(C)CN)ccc1F. The lowest BCUT2D eigenvalue weighted by atomic mass is 9.93. The zero-order chi connectivity index (χ0) is 13.9. The molecule has 0 bridgehead atoms. The maximum absolute atomic E-state index is 13.1. The molecule has 0 aromatic heterocycles. The van der Waals surface area contributed by atoms with Crippen LogP contribution in [0, 0.1) is 18.2 Å². The summed E-state index contributed by atoms with van der Waals surface area (Å²) in [6.45, 7) is 6.74. The van der Waals surface area contributed by atoms with E-state index in [1.807, 2.05) is 13.8 Å². The van der Waals surface area contributed by atoms with E-state index < -0.39 is 0 Å². The summed E-state index contributed by atoms with van der Waals surface area (Å²) in [6.07, 6.45) is 0. The second-order valence-corrected chi connectivity index (χ2v) is 5.49. The third kappa shape index (κ3) is 3.53. The highest BCUT2D eigenvalue weighted by molar-refractivity contribution is 5.94. The van der Waals surface area contributed by atoms with E-state index in [-0.39, 0.29) is 17.1 Å². The number of nitrogens with two attached hydrogens (primary N) is 1. The van der Waals surface area contributed by atoms with Crippen molar-refractivity contribution in [1.29, 1.82) is 0 Å². The van der Waals surface area contributed by atoms with Gasteiger partial charge in [0.05, 0.1) is 0 Å². The highest BCUT2D eigenvalue weighted by Crippen LogP contribution is 2.17. The predicted molar refractivity (Wildman–Crippen MR) is 70.9 cm³/mol. The molecule has 3 nitrogen and oxygen atoms in total. The van der Waals surface area contributed by atoms with E-state index in [0.29, 0.717) is 24.2 Å². The monoisotopic (exact) mass is 252 g/mol. The molecule has 0 radical (unpaired) electrons. The highest BCUT2D eigenvalue weighted by Gasteiger charge is 2.22. The summed E-state index contributed by atoms with van der Waals surface area (Å²) < 4.78 is 13.1. The minimum atomic E-state index is -0.295. The number of carbonyl (C=O) groups is 1. The Morgan fingerprint density at radius 2 is 2.06 bits per heavy atom. The van der Waals surface area contributed by atoms with Gasteiger partial charge in [0.2, 0.25) is 0 Å². The minimum Gasteiger partial charge on any atom is -0.341 e. The van der Waals surface area contributed by atoms with E-state index in [9.17, 15) is 9.18 Å². The van der Waals surface area contributed by atoms with E-state index in [1.54, 1.807) is 24.9 Å². The van der Waals surface area contributed by atoms with Gasteiger partial charge in [0.1, 0.15) is 5.82 Å². The van der Waals surface area contributed by atoms with Crippen molar-refractivity contribution < 1.29 is 9.18 Å². The fourth-order valence-electron chi connectivity index (χ4n) is 1.78. The minimum absolute atomic E-state index is 0.111. The van der Waals surface area contributed by atoms with Crippen molar-refractivity contribution in [3.63, 3.8) is 0 Å². The second-order valence-electron chi connectivity index (χ2n) is 5.49. The molecule has 0 saturated heterocycles. The van der Waals surface area contributed by atoms with Crippen LogP contribution in [0.2, 0.25) is 0 Å². The summed E-state index contributed by atoms with van der Waals surface area (Å²) in [7, 11) is 1.73. The summed E-state index contributed by atoms with van der Waals surface area (Å²) in [4.78, 5) is 13.8. The average Bonchev–Trinajstić information content (AvgIpc) is 2.31. The maximum atomic E-state index is 13.1. The van der Waals surface area contributed by atoms with Gasteiger partial charge in [-0.15, -0.1) is 0 Å². The molecule has 1 aromatic rings. The molecule has 0 aliphatic carbocycles. The predicted octanol–water partition coefficient (Wildman–Crippen LogP) is 2.19. The van der Waals surface area contributed by atoms with Gasteiger partial charge in [-0.05, 0) is 42.6 Å². The summed E-state index contributed by atoms with van der Waals surface area (Å²) >= 11 is 0. The number of rotatable bonds is 4. The van der Waals surface area contributed by atoms with Crippen LogP contribution in [0.3, 0.4) is 0 Å². The molecule has 0 saturated carbocycles. The molecule has 0 spiro atoms. The quantitative estimate of drug-likeness (QED) is 0.893. The van der Waals surface area contributed by atoms with Gasteiger partial charge in [0, 0.05) is 19.2 Å². The van der Waals surface area contributed by atoms with Crippen LogP contribution >= 0.6 is 0 Å². The van der Waals surface area contributed by atoms with Gasteiger partial charge >= 0.3 is 0 Å². The van der Waals surface area contributed by atoms with Crippen LogP contribution in [0.15, 0.2) is 18.2 Å². The van der Waals surface area contributed by atoms with Gasteiger partial charge in [0.25, 0.3) is 5.91 Å².